The van der Waals surface area contributed by atoms with E-state index in [2.05, 4.69) is 0 Å². The van der Waals surface area contributed by atoms with Crippen LogP contribution in [0.15, 0.2) is 22.8 Å². The Kier molecular flexibility index (Phi) is 5.64. The Morgan fingerprint density at radius 2 is 1.70 bits per heavy atom. The molecule has 2 bridgehead atoms. The summed E-state index contributed by atoms with van der Waals surface area (Å²) >= 11 is 0. The Morgan fingerprint density at radius 3 is 2.27 bits per heavy atom. The summed E-state index contributed by atoms with van der Waals surface area (Å²) in [6, 6.07) is 3.04. The standard InChI is InChI=1S/C24H32O9/c1-12-9-10-16(30-13(2)25)23(6)20(32-21(28)15-8-7-11-29-15)18(27)17-19(31-14(3)26)24(12,23)33-22(17,4)5/h7-8,11-12,16-20,27H,9-10H2,1-6H3/t12-,16+,17-,18-,19-,20+,23+,24-/m1/s1. The number of carbonyl (C=O) groups is 3. The molecular weight excluding hydrogens is 432 g/mol. The van der Waals surface area contributed by atoms with Crippen LogP contribution >= 0.6 is 0 Å². The van der Waals surface area contributed by atoms with Crippen LogP contribution < -0.4 is 0 Å². The van der Waals surface area contributed by atoms with Crippen molar-refractivity contribution in [3.05, 3.63) is 24.2 Å². The maximum absolute atomic E-state index is 12.9. The molecule has 2 saturated carbocycles. The largest absolute Gasteiger partial charge is 0.462 e. The summed E-state index contributed by atoms with van der Waals surface area (Å²) in [5.41, 5.74) is -3.31. The van der Waals surface area contributed by atoms with Crippen LogP contribution in [0.5, 0.6) is 0 Å². The van der Waals surface area contributed by atoms with Crippen molar-refractivity contribution in [2.24, 2.45) is 17.3 Å². The van der Waals surface area contributed by atoms with Crippen LogP contribution in [-0.4, -0.2) is 58.6 Å². The molecular formula is C24H32O9. The van der Waals surface area contributed by atoms with Gasteiger partial charge < -0.3 is 28.5 Å². The van der Waals surface area contributed by atoms with Gasteiger partial charge in [-0.05, 0) is 51.7 Å². The number of aliphatic hydroxyl groups excluding tert-OH is 1. The van der Waals surface area contributed by atoms with Crippen LogP contribution in [0.25, 0.3) is 0 Å². The first-order chi connectivity index (χ1) is 15.4. The fraction of sp³-hybridized carbons (Fsp3) is 0.708. The van der Waals surface area contributed by atoms with Crippen LogP contribution in [0, 0.1) is 17.3 Å². The highest BCUT2D eigenvalue weighted by Gasteiger charge is 2.81. The molecule has 1 spiro atoms. The van der Waals surface area contributed by atoms with E-state index in [-0.39, 0.29) is 11.7 Å². The van der Waals surface area contributed by atoms with E-state index in [9.17, 15) is 19.5 Å². The molecule has 8 atom stereocenters. The second kappa shape index (κ2) is 7.84. The molecule has 33 heavy (non-hydrogen) atoms. The lowest BCUT2D eigenvalue weighted by Gasteiger charge is -2.62. The number of esters is 3. The molecule has 1 aliphatic heterocycles. The minimum Gasteiger partial charge on any atom is -0.462 e. The van der Waals surface area contributed by atoms with Gasteiger partial charge in [-0.25, -0.2) is 4.79 Å². The third-order valence-corrected chi connectivity index (χ3v) is 7.91. The molecule has 9 nitrogen and oxygen atoms in total. The zero-order valence-corrected chi connectivity index (χ0v) is 19.8. The van der Waals surface area contributed by atoms with Crippen LogP contribution in [0.3, 0.4) is 0 Å². The van der Waals surface area contributed by atoms with E-state index in [0.717, 1.165) is 0 Å². The number of furan rings is 1. The molecule has 1 saturated heterocycles. The number of carbonyl (C=O) groups excluding carboxylic acids is 3. The number of fused-ring (bicyclic) bond motifs is 1. The van der Waals surface area contributed by atoms with Gasteiger partial charge in [-0.3, -0.25) is 9.59 Å². The zero-order valence-electron chi connectivity index (χ0n) is 19.8. The fourth-order valence-corrected chi connectivity index (χ4v) is 6.71. The summed E-state index contributed by atoms with van der Waals surface area (Å²) in [6.45, 7) is 10.0. The van der Waals surface area contributed by atoms with E-state index in [1.807, 2.05) is 20.8 Å². The average molecular weight is 465 g/mol. The van der Waals surface area contributed by atoms with E-state index >= 15 is 0 Å². The van der Waals surface area contributed by atoms with Gasteiger partial charge in [0.25, 0.3) is 0 Å². The SMILES string of the molecule is CC(=O)O[C@H]1CC[C@@H](C)[C@]23OC(C)(C)[C@H]([C@@H](O)[C@H](OC(=O)c4ccco4)[C@]12C)[C@H]3OC(C)=O. The molecule has 3 fully saturated rings. The van der Waals surface area contributed by atoms with Gasteiger partial charge in [-0.15, -0.1) is 0 Å². The summed E-state index contributed by atoms with van der Waals surface area (Å²) in [4.78, 5) is 37.2. The summed E-state index contributed by atoms with van der Waals surface area (Å²) in [7, 11) is 0. The highest BCUT2D eigenvalue weighted by molar-refractivity contribution is 5.86. The van der Waals surface area contributed by atoms with Crippen molar-refractivity contribution in [3.63, 3.8) is 0 Å². The Morgan fingerprint density at radius 1 is 1.03 bits per heavy atom. The molecule has 1 aromatic heterocycles. The molecule has 1 N–H and O–H groups in total. The lowest BCUT2D eigenvalue weighted by Crippen LogP contribution is -2.76. The van der Waals surface area contributed by atoms with Crippen molar-refractivity contribution >= 4 is 17.9 Å². The summed E-state index contributed by atoms with van der Waals surface area (Å²) in [5.74, 6) is -2.60. The summed E-state index contributed by atoms with van der Waals surface area (Å²) < 4.78 is 29.4. The molecule has 2 aliphatic carbocycles. The number of ether oxygens (including phenoxy) is 4. The molecule has 0 unspecified atom stereocenters. The van der Waals surface area contributed by atoms with Crippen LogP contribution in [0.2, 0.25) is 0 Å². The van der Waals surface area contributed by atoms with Crippen LogP contribution in [0.4, 0.5) is 0 Å². The summed E-state index contributed by atoms with van der Waals surface area (Å²) in [6.07, 6.45) is -1.48. The van der Waals surface area contributed by atoms with Crippen molar-refractivity contribution in [1.29, 1.82) is 0 Å². The highest BCUT2D eigenvalue weighted by atomic mass is 16.6. The first kappa shape index (κ1) is 23.8. The minimum absolute atomic E-state index is 0.0117. The Balaban J connectivity index is 1.90. The van der Waals surface area contributed by atoms with E-state index < -0.39 is 64.9 Å². The van der Waals surface area contributed by atoms with Gasteiger partial charge in [0, 0.05) is 13.8 Å². The Bertz CT molecular complexity index is 938. The third-order valence-electron chi connectivity index (χ3n) is 7.91. The average Bonchev–Trinajstić information content (AvgIpc) is 3.30. The normalized spacial score (nSPS) is 41.1. The van der Waals surface area contributed by atoms with Crippen molar-refractivity contribution in [3.8, 4) is 0 Å². The zero-order chi connectivity index (χ0) is 24.3. The smallest absolute Gasteiger partial charge is 0.374 e. The first-order valence-electron chi connectivity index (χ1n) is 11.3. The maximum atomic E-state index is 12.9. The Hall–Kier alpha value is -2.39. The number of hydrogen-bond donors (Lipinski definition) is 1. The van der Waals surface area contributed by atoms with Gasteiger partial charge in [0.2, 0.25) is 5.76 Å². The second-order valence-electron chi connectivity index (χ2n) is 10.2. The van der Waals surface area contributed by atoms with Gasteiger partial charge in [-0.1, -0.05) is 6.92 Å². The number of aliphatic hydroxyl groups is 1. The predicted molar refractivity (Wildman–Crippen MR) is 113 cm³/mol. The van der Waals surface area contributed by atoms with E-state index in [4.69, 9.17) is 23.4 Å². The van der Waals surface area contributed by atoms with Crippen LogP contribution in [-0.2, 0) is 28.5 Å². The molecule has 9 heteroatoms. The molecule has 0 aromatic carbocycles. The van der Waals surface area contributed by atoms with Gasteiger partial charge in [0.05, 0.1) is 23.2 Å². The molecule has 3 aliphatic rings. The topological polar surface area (TPSA) is 122 Å². The van der Waals surface area contributed by atoms with Gasteiger partial charge in [-0.2, -0.15) is 0 Å². The molecule has 182 valence electrons. The van der Waals surface area contributed by atoms with E-state index in [0.29, 0.717) is 12.8 Å². The van der Waals surface area contributed by atoms with Crippen LogP contribution in [0.1, 0.15) is 64.9 Å². The fourth-order valence-electron chi connectivity index (χ4n) is 6.71. The van der Waals surface area contributed by atoms with Gasteiger partial charge >= 0.3 is 17.9 Å². The maximum Gasteiger partial charge on any atom is 0.374 e. The lowest BCUT2D eigenvalue weighted by atomic mass is 9.48. The highest BCUT2D eigenvalue weighted by Crippen LogP contribution is 2.67. The molecule has 2 heterocycles. The third kappa shape index (κ3) is 3.31. The van der Waals surface area contributed by atoms with Gasteiger partial charge in [0.1, 0.15) is 30.0 Å². The van der Waals surface area contributed by atoms with E-state index in [1.54, 1.807) is 13.0 Å². The van der Waals surface area contributed by atoms with Crippen molar-refractivity contribution in [2.45, 2.75) is 90.0 Å². The van der Waals surface area contributed by atoms with Gasteiger partial charge in [0.15, 0.2) is 0 Å². The van der Waals surface area contributed by atoms with Crippen molar-refractivity contribution in [2.75, 3.05) is 0 Å². The number of hydrogen-bond acceptors (Lipinski definition) is 9. The first-order valence-corrected chi connectivity index (χ1v) is 11.3. The monoisotopic (exact) mass is 464 g/mol. The van der Waals surface area contributed by atoms with E-state index in [1.165, 1.54) is 26.2 Å². The lowest BCUT2D eigenvalue weighted by molar-refractivity contribution is -0.298. The quantitative estimate of drug-likeness (QED) is 0.529. The Labute approximate surface area is 192 Å². The van der Waals surface area contributed by atoms with Crippen molar-refractivity contribution in [1.82, 2.24) is 0 Å². The molecule has 0 amide bonds. The van der Waals surface area contributed by atoms with Crippen molar-refractivity contribution < 1.29 is 42.9 Å². The number of rotatable bonds is 4. The molecule has 4 rings (SSSR count). The minimum atomic E-state index is -1.26. The summed E-state index contributed by atoms with van der Waals surface area (Å²) in [5, 5.41) is 11.6. The molecule has 0 radical (unpaired) electrons. The molecule has 1 aromatic rings. The second-order valence-corrected chi connectivity index (χ2v) is 10.2. The predicted octanol–water partition coefficient (Wildman–Crippen LogP) is 2.64.